The molecule has 0 unspecified atom stereocenters. The lowest BCUT2D eigenvalue weighted by molar-refractivity contribution is 0.149. The van der Waals surface area contributed by atoms with E-state index in [0.29, 0.717) is 24.5 Å². The first kappa shape index (κ1) is 21.0. The Bertz CT molecular complexity index is 991. The highest BCUT2D eigenvalue weighted by Crippen LogP contribution is 2.41. The third-order valence-corrected chi connectivity index (χ3v) is 6.79. The SMILES string of the molecule is COc1ccc(-c2cnc(OCC3CC(c4ccc(CN5CCCC5)cc4)C3)nc2)cc1. The van der Waals surface area contributed by atoms with E-state index in [4.69, 9.17) is 9.47 Å². The van der Waals surface area contributed by atoms with Crippen LogP contribution in [0.25, 0.3) is 11.1 Å². The van der Waals surface area contributed by atoms with Crippen LogP contribution in [-0.4, -0.2) is 41.7 Å². The number of methoxy groups -OCH3 is 1. The minimum atomic E-state index is 0.456. The molecule has 0 radical (unpaired) electrons. The van der Waals surface area contributed by atoms with Gasteiger partial charge in [-0.2, -0.15) is 0 Å². The summed E-state index contributed by atoms with van der Waals surface area (Å²) in [5, 5.41) is 0. The highest BCUT2D eigenvalue weighted by atomic mass is 16.5. The summed E-state index contributed by atoms with van der Waals surface area (Å²) in [7, 11) is 1.67. The Hall–Kier alpha value is -2.92. The Morgan fingerprint density at radius 3 is 2.22 bits per heavy atom. The summed E-state index contributed by atoms with van der Waals surface area (Å²) < 4.78 is 11.1. The average Bonchev–Trinajstić information content (AvgIpc) is 3.33. The van der Waals surface area contributed by atoms with E-state index in [1.165, 1.54) is 49.9 Å². The smallest absolute Gasteiger partial charge is 0.316 e. The molecule has 0 spiro atoms. The van der Waals surface area contributed by atoms with E-state index in [0.717, 1.165) is 23.4 Å². The van der Waals surface area contributed by atoms with Crippen molar-refractivity contribution >= 4 is 0 Å². The van der Waals surface area contributed by atoms with Crippen molar-refractivity contribution in [2.75, 3.05) is 26.8 Å². The summed E-state index contributed by atoms with van der Waals surface area (Å²) in [6, 6.07) is 17.6. The van der Waals surface area contributed by atoms with Crippen molar-refractivity contribution in [1.29, 1.82) is 0 Å². The van der Waals surface area contributed by atoms with Crippen LogP contribution in [0.5, 0.6) is 11.8 Å². The van der Waals surface area contributed by atoms with Crippen LogP contribution in [0.4, 0.5) is 0 Å². The summed E-state index contributed by atoms with van der Waals surface area (Å²) in [5.74, 6) is 2.07. The molecule has 32 heavy (non-hydrogen) atoms. The number of hydrogen-bond acceptors (Lipinski definition) is 5. The van der Waals surface area contributed by atoms with Gasteiger partial charge in [0.2, 0.25) is 0 Å². The van der Waals surface area contributed by atoms with Gasteiger partial charge >= 0.3 is 6.01 Å². The van der Waals surface area contributed by atoms with Crippen LogP contribution in [-0.2, 0) is 6.54 Å². The molecule has 1 saturated heterocycles. The van der Waals surface area contributed by atoms with Crippen molar-refractivity contribution in [1.82, 2.24) is 14.9 Å². The summed E-state index contributed by atoms with van der Waals surface area (Å²) in [6.07, 6.45) is 8.68. The fourth-order valence-electron chi connectivity index (χ4n) is 4.75. The number of likely N-dealkylation sites (tertiary alicyclic amines) is 1. The largest absolute Gasteiger partial charge is 0.497 e. The van der Waals surface area contributed by atoms with Crippen LogP contribution < -0.4 is 9.47 Å². The predicted octanol–water partition coefficient (Wildman–Crippen LogP) is 5.32. The zero-order chi connectivity index (χ0) is 21.8. The van der Waals surface area contributed by atoms with Gasteiger partial charge in [0, 0.05) is 24.5 Å². The lowest BCUT2D eigenvalue weighted by Crippen LogP contribution is -2.27. The third kappa shape index (κ3) is 4.94. The maximum absolute atomic E-state index is 5.87. The van der Waals surface area contributed by atoms with Gasteiger partial charge in [-0.3, -0.25) is 4.90 Å². The molecule has 1 aromatic heterocycles. The molecule has 0 amide bonds. The minimum Gasteiger partial charge on any atom is -0.497 e. The molecule has 2 aromatic carbocycles. The lowest BCUT2D eigenvalue weighted by atomic mass is 9.72. The van der Waals surface area contributed by atoms with Crippen molar-refractivity contribution in [2.45, 2.75) is 38.1 Å². The van der Waals surface area contributed by atoms with Crippen molar-refractivity contribution in [3.8, 4) is 22.9 Å². The summed E-state index contributed by atoms with van der Waals surface area (Å²) in [6.45, 7) is 4.28. The molecule has 0 atom stereocenters. The number of hydrogen-bond donors (Lipinski definition) is 0. The Labute approximate surface area is 190 Å². The van der Waals surface area contributed by atoms with E-state index in [-0.39, 0.29) is 0 Å². The van der Waals surface area contributed by atoms with E-state index >= 15 is 0 Å². The number of rotatable bonds is 8. The first-order valence-corrected chi connectivity index (χ1v) is 11.7. The Morgan fingerprint density at radius 2 is 1.56 bits per heavy atom. The monoisotopic (exact) mass is 429 g/mol. The van der Waals surface area contributed by atoms with Crippen molar-refractivity contribution in [3.63, 3.8) is 0 Å². The second-order valence-corrected chi connectivity index (χ2v) is 9.05. The quantitative estimate of drug-likeness (QED) is 0.485. The van der Waals surface area contributed by atoms with E-state index in [9.17, 15) is 0 Å². The molecular formula is C27H31N3O2. The molecule has 0 bridgehead atoms. The first-order valence-electron chi connectivity index (χ1n) is 11.7. The molecule has 2 fully saturated rings. The van der Waals surface area contributed by atoms with Crippen LogP contribution in [0.15, 0.2) is 60.9 Å². The number of aromatic nitrogens is 2. The van der Waals surface area contributed by atoms with Crippen molar-refractivity contribution in [2.24, 2.45) is 5.92 Å². The topological polar surface area (TPSA) is 47.5 Å². The standard InChI is InChI=1S/C27H31N3O2/c1-31-26-10-8-23(9-11-26)25-16-28-27(29-17-25)32-19-21-14-24(15-21)22-6-4-20(5-7-22)18-30-12-2-3-13-30/h4-11,16-17,21,24H,2-3,12-15,18-19H2,1H3. The molecule has 5 nitrogen and oxygen atoms in total. The van der Waals surface area contributed by atoms with Gasteiger partial charge in [-0.15, -0.1) is 0 Å². The van der Waals surface area contributed by atoms with Gasteiger partial charge in [0.25, 0.3) is 0 Å². The lowest BCUT2D eigenvalue weighted by Gasteiger charge is -2.35. The van der Waals surface area contributed by atoms with Gasteiger partial charge in [0.1, 0.15) is 5.75 Å². The zero-order valence-corrected chi connectivity index (χ0v) is 18.7. The third-order valence-electron chi connectivity index (χ3n) is 6.79. The summed E-state index contributed by atoms with van der Waals surface area (Å²) in [4.78, 5) is 11.3. The normalized spacial score (nSPS) is 20.7. The summed E-state index contributed by atoms with van der Waals surface area (Å²) in [5.41, 5.74) is 4.93. The van der Waals surface area contributed by atoms with E-state index in [1.54, 1.807) is 7.11 Å². The highest BCUT2D eigenvalue weighted by molar-refractivity contribution is 5.62. The molecule has 5 heteroatoms. The maximum Gasteiger partial charge on any atom is 0.316 e. The first-order chi connectivity index (χ1) is 15.8. The molecule has 3 aromatic rings. The maximum atomic E-state index is 5.87. The number of benzene rings is 2. The summed E-state index contributed by atoms with van der Waals surface area (Å²) >= 11 is 0. The van der Waals surface area contributed by atoms with E-state index in [1.807, 2.05) is 36.7 Å². The molecule has 2 heterocycles. The molecule has 1 aliphatic carbocycles. The van der Waals surface area contributed by atoms with Crippen LogP contribution in [0, 0.1) is 5.92 Å². The van der Waals surface area contributed by atoms with Crippen molar-refractivity contribution < 1.29 is 9.47 Å². The van der Waals surface area contributed by atoms with Crippen molar-refractivity contribution in [3.05, 3.63) is 72.1 Å². The second-order valence-electron chi connectivity index (χ2n) is 9.05. The molecule has 1 saturated carbocycles. The Balaban J connectivity index is 1.07. The van der Waals surface area contributed by atoms with Gasteiger partial charge < -0.3 is 9.47 Å². The number of nitrogens with zero attached hydrogens (tertiary/aromatic N) is 3. The van der Waals surface area contributed by atoms with Gasteiger partial charge in [0.05, 0.1) is 13.7 Å². The molecule has 2 aliphatic rings. The molecule has 5 rings (SSSR count). The van der Waals surface area contributed by atoms with E-state index in [2.05, 4.69) is 39.1 Å². The fraction of sp³-hybridized carbons (Fsp3) is 0.407. The molecule has 0 N–H and O–H groups in total. The van der Waals surface area contributed by atoms with Gasteiger partial charge in [-0.1, -0.05) is 36.4 Å². The van der Waals surface area contributed by atoms with Gasteiger partial charge in [-0.05, 0) is 79.4 Å². The minimum absolute atomic E-state index is 0.456. The molecule has 1 aliphatic heterocycles. The zero-order valence-electron chi connectivity index (χ0n) is 18.7. The molecule has 166 valence electrons. The average molecular weight is 430 g/mol. The van der Waals surface area contributed by atoms with E-state index < -0.39 is 0 Å². The van der Waals surface area contributed by atoms with Crippen LogP contribution >= 0.6 is 0 Å². The Morgan fingerprint density at radius 1 is 0.875 bits per heavy atom. The van der Waals surface area contributed by atoms with Crippen LogP contribution in [0.3, 0.4) is 0 Å². The fourth-order valence-corrected chi connectivity index (χ4v) is 4.75. The second kappa shape index (κ2) is 9.70. The van der Waals surface area contributed by atoms with Crippen LogP contribution in [0.2, 0.25) is 0 Å². The predicted molar refractivity (Wildman–Crippen MR) is 126 cm³/mol. The number of ether oxygens (including phenoxy) is 2. The Kier molecular flexibility index (Phi) is 6.35. The highest BCUT2D eigenvalue weighted by Gasteiger charge is 2.31. The molecular weight excluding hydrogens is 398 g/mol. The van der Waals surface area contributed by atoms with Gasteiger partial charge in [0.15, 0.2) is 0 Å². The van der Waals surface area contributed by atoms with Gasteiger partial charge in [-0.25, -0.2) is 9.97 Å². The van der Waals surface area contributed by atoms with Crippen LogP contribution in [0.1, 0.15) is 42.7 Å².